The molecule has 0 aliphatic carbocycles. The molecular formula is C3H6O. The lowest BCUT2D eigenvalue weighted by Crippen LogP contribution is -1.69. The molecule has 0 spiro atoms. The summed E-state index contributed by atoms with van der Waals surface area (Å²) < 4.78 is 0. The number of hydrogen-bond acceptors (Lipinski definition) is 1. The van der Waals surface area contributed by atoms with Gasteiger partial charge in [-0.05, 0) is 13.8 Å². The summed E-state index contributed by atoms with van der Waals surface area (Å²) in [5.41, 5.74) is 0. The maximum Gasteiger partial charge on any atom is 0.126 e. The smallest absolute Gasteiger partial charge is 0.126 e. The molecule has 0 saturated carbocycles. The third-order valence-electron chi connectivity index (χ3n) is 0. The van der Waals surface area contributed by atoms with E-state index in [-0.39, 0.29) is 5.78 Å². The quantitative estimate of drug-likeness (QED) is 0.373. The van der Waals surface area contributed by atoms with Crippen LogP contribution in [0.4, 0.5) is 0 Å². The molecule has 0 radical (unpaired) electrons. The topological polar surface area (TPSA) is 17.1 Å². The van der Waals surface area contributed by atoms with Crippen LogP contribution >= 0.6 is 0 Å². The molecule has 0 N–H and O–H groups in total. The van der Waals surface area contributed by atoms with E-state index >= 15 is 0 Å². The monoisotopic (exact) mass is 59.0 g/mol. The summed E-state index contributed by atoms with van der Waals surface area (Å²) in [6, 6.07) is 0. The summed E-state index contributed by atoms with van der Waals surface area (Å²) in [7, 11) is 0. The van der Waals surface area contributed by atoms with Crippen LogP contribution in [-0.4, -0.2) is 5.78 Å². The van der Waals surface area contributed by atoms with Crippen molar-refractivity contribution in [2.75, 3.05) is 0 Å². The molecule has 0 unspecified atom stereocenters. The first-order valence-electron chi connectivity index (χ1n) is 1.20. The Morgan fingerprint density at radius 1 is 1.50 bits per heavy atom. The van der Waals surface area contributed by atoms with Gasteiger partial charge in [-0.15, -0.1) is 0 Å². The molecule has 0 rings (SSSR count). The van der Waals surface area contributed by atoms with Gasteiger partial charge in [0, 0.05) is 0 Å². The normalized spacial score (nSPS) is 6.50. The Kier molecular flexibility index (Phi) is 0.958. The van der Waals surface area contributed by atoms with E-state index in [0.29, 0.717) is 0 Å². The van der Waals surface area contributed by atoms with Gasteiger partial charge in [0.1, 0.15) is 5.78 Å². The molecule has 24 valence electrons. The van der Waals surface area contributed by atoms with Crippen molar-refractivity contribution in [2.45, 2.75) is 13.8 Å². The lowest BCUT2D eigenvalue weighted by atomic mass is 10.7. The average molecular weight is 59.1 g/mol. The summed E-state index contributed by atoms with van der Waals surface area (Å²) in [4.78, 5) is 9.44. The van der Waals surface area contributed by atoms with Crippen LogP contribution in [0.2, 0.25) is 0 Å². The van der Waals surface area contributed by atoms with E-state index in [9.17, 15) is 4.79 Å². The van der Waals surface area contributed by atoms with Crippen LogP contribution < -0.4 is 0 Å². The highest BCUT2D eigenvalue weighted by Crippen LogP contribution is 1.50. The summed E-state index contributed by atoms with van der Waals surface area (Å²) in [5.74, 6) is 0.167. The van der Waals surface area contributed by atoms with Crippen molar-refractivity contribution in [1.29, 1.82) is 0 Å². The van der Waals surface area contributed by atoms with E-state index in [1.165, 1.54) is 13.8 Å². The summed E-state index contributed by atoms with van der Waals surface area (Å²) >= 11 is 0. The molecule has 0 aliphatic heterocycles. The van der Waals surface area contributed by atoms with Crippen LogP contribution in [0.3, 0.4) is 0 Å². The van der Waals surface area contributed by atoms with Crippen molar-refractivity contribution < 1.29 is 4.79 Å². The summed E-state index contributed by atoms with van der Waals surface area (Å²) in [6.07, 6.45) is 0. The van der Waals surface area contributed by atoms with Gasteiger partial charge < -0.3 is 4.79 Å². The number of Topliss-reactive ketones (excluding diaryl/α,β-unsaturated/α-hetero) is 1. The molecule has 0 saturated heterocycles. The average Bonchev–Trinajstić information content (AvgIpc) is 0.811. The first-order chi connectivity index (χ1) is 1.73. The molecule has 1 heteroatoms. The Labute approximate surface area is 25.6 Å². The summed E-state index contributed by atoms with van der Waals surface area (Å²) in [6.45, 7) is 3.06. The maximum absolute atomic E-state index is 9.44. The first kappa shape index (κ1) is 3.67. The first-order valence-corrected chi connectivity index (χ1v) is 1.20. The highest BCUT2D eigenvalue weighted by molar-refractivity contribution is 5.72. The Morgan fingerprint density at radius 2 is 1.50 bits per heavy atom. The van der Waals surface area contributed by atoms with Crippen LogP contribution in [0.5, 0.6) is 0 Å². The van der Waals surface area contributed by atoms with Crippen molar-refractivity contribution in [3.05, 3.63) is 0 Å². The molecule has 1 nitrogen and oxygen atoms in total. The van der Waals surface area contributed by atoms with E-state index < -0.39 is 0 Å². The van der Waals surface area contributed by atoms with Gasteiger partial charge in [0.2, 0.25) is 0 Å². The number of ketones is 1. The van der Waals surface area contributed by atoms with Crippen LogP contribution in [0.25, 0.3) is 0 Å². The number of carbonyl (C=O) groups excluding carboxylic acids is 1. The third kappa shape index (κ3) is 6.88. The third-order valence-corrected chi connectivity index (χ3v) is 0. The molecule has 0 amide bonds. The molecule has 0 bridgehead atoms. The van der Waals surface area contributed by atoms with Gasteiger partial charge in [-0.2, -0.15) is 0 Å². The lowest BCUT2D eigenvalue weighted by Gasteiger charge is -1.56. The molecule has 0 atom stereocenters. The van der Waals surface area contributed by atoms with E-state index in [1.54, 1.807) is 0 Å². The van der Waals surface area contributed by atoms with Gasteiger partial charge in [-0.1, -0.05) is 0 Å². The minimum absolute atomic E-state index is 0.167. The second-order valence-electron chi connectivity index (χ2n) is 0.908. The van der Waals surface area contributed by atoms with Crippen LogP contribution in [0, 0.1) is 0 Å². The van der Waals surface area contributed by atoms with Gasteiger partial charge in [-0.3, -0.25) is 0 Å². The predicted octanol–water partition coefficient (Wildman–Crippen LogP) is 0.595. The van der Waals surface area contributed by atoms with Crippen molar-refractivity contribution in [3.8, 4) is 0 Å². The molecule has 0 aromatic heterocycles. The van der Waals surface area contributed by atoms with Gasteiger partial charge in [0.05, 0.1) is 0 Å². The lowest BCUT2D eigenvalue weighted by molar-refractivity contribution is -0.114. The van der Waals surface area contributed by atoms with E-state index in [0.717, 1.165) is 0 Å². The summed E-state index contributed by atoms with van der Waals surface area (Å²) in [5, 5.41) is 0. The molecule has 0 aromatic rings. The van der Waals surface area contributed by atoms with Crippen LogP contribution in [-0.2, 0) is 4.79 Å². The zero-order chi connectivity index (χ0) is 3.58. The SMILES string of the molecule is CC([13CH3])=O. The highest BCUT2D eigenvalue weighted by atomic mass is 16.1. The number of hydrogen-bond donors (Lipinski definition) is 0. The Bertz CT molecular complexity index is 26.3. The standard InChI is InChI=1S/C3H6O/c1-3(2)4/h1-2H3/i1+1. The molecular weight excluding hydrogens is 53.0 g/mol. The zero-order valence-corrected chi connectivity index (χ0v) is 2.91. The molecule has 0 fully saturated rings. The minimum atomic E-state index is 0.167. The van der Waals surface area contributed by atoms with Crippen molar-refractivity contribution in [3.63, 3.8) is 0 Å². The molecule has 0 aliphatic rings. The van der Waals surface area contributed by atoms with E-state index in [2.05, 4.69) is 0 Å². The van der Waals surface area contributed by atoms with Crippen LogP contribution in [0.15, 0.2) is 0 Å². The van der Waals surface area contributed by atoms with Crippen molar-refractivity contribution >= 4 is 5.78 Å². The van der Waals surface area contributed by atoms with Crippen molar-refractivity contribution in [1.82, 2.24) is 0 Å². The fraction of sp³-hybridized carbons (Fsp3) is 0.667. The number of rotatable bonds is 0. The van der Waals surface area contributed by atoms with E-state index in [1.807, 2.05) is 0 Å². The Balaban J connectivity index is 2.80. The minimum Gasteiger partial charge on any atom is -0.300 e. The zero-order valence-electron chi connectivity index (χ0n) is 2.91. The molecule has 4 heavy (non-hydrogen) atoms. The predicted molar refractivity (Wildman–Crippen MR) is 16.4 cm³/mol. The van der Waals surface area contributed by atoms with Gasteiger partial charge in [-0.25, -0.2) is 0 Å². The highest BCUT2D eigenvalue weighted by Gasteiger charge is 1.62. The fourth-order valence-corrected chi connectivity index (χ4v) is 0. The maximum atomic E-state index is 9.44. The largest absolute Gasteiger partial charge is 0.300 e. The number of carbonyl (C=O) groups is 1. The molecule has 0 aromatic carbocycles. The van der Waals surface area contributed by atoms with Gasteiger partial charge in [0.15, 0.2) is 0 Å². The molecule has 0 heterocycles. The van der Waals surface area contributed by atoms with Crippen molar-refractivity contribution in [2.24, 2.45) is 0 Å². The van der Waals surface area contributed by atoms with Gasteiger partial charge in [0.25, 0.3) is 0 Å². The second kappa shape index (κ2) is 1.04. The Morgan fingerprint density at radius 3 is 1.50 bits per heavy atom. The Hall–Kier alpha value is -0.330. The fourth-order valence-electron chi connectivity index (χ4n) is 0. The van der Waals surface area contributed by atoms with Gasteiger partial charge >= 0.3 is 0 Å². The second-order valence-corrected chi connectivity index (χ2v) is 0.908. The van der Waals surface area contributed by atoms with E-state index in [4.69, 9.17) is 0 Å². The van der Waals surface area contributed by atoms with Crippen LogP contribution in [0.1, 0.15) is 13.8 Å².